The molecule has 1 unspecified atom stereocenters. The zero-order chi connectivity index (χ0) is 14.0. The number of hydrogen-bond acceptors (Lipinski definition) is 1. The highest BCUT2D eigenvalue weighted by Gasteiger charge is 2.33. The van der Waals surface area contributed by atoms with Crippen molar-refractivity contribution in [3.8, 4) is 0 Å². The van der Waals surface area contributed by atoms with E-state index >= 15 is 0 Å². The highest BCUT2D eigenvalue weighted by molar-refractivity contribution is 5.85. The summed E-state index contributed by atoms with van der Waals surface area (Å²) in [5.41, 5.74) is 9.85. The topological polar surface area (TPSA) is 41.8 Å². The molecule has 3 N–H and O–H groups in total. The second-order valence-electron chi connectivity index (χ2n) is 5.25. The summed E-state index contributed by atoms with van der Waals surface area (Å²) in [4.78, 5) is 3.38. The molecule has 0 amide bonds. The highest BCUT2D eigenvalue weighted by Crippen LogP contribution is 2.38. The van der Waals surface area contributed by atoms with Gasteiger partial charge >= 0.3 is 0 Å². The minimum Gasteiger partial charge on any atom is -0.361 e. The van der Waals surface area contributed by atoms with Gasteiger partial charge in [0.05, 0.1) is 0 Å². The summed E-state index contributed by atoms with van der Waals surface area (Å²) >= 11 is 0. The second-order valence-corrected chi connectivity index (χ2v) is 5.25. The Morgan fingerprint density at radius 3 is 2.40 bits per heavy atom. The van der Waals surface area contributed by atoms with E-state index in [2.05, 4.69) is 72.7 Å². The van der Waals surface area contributed by atoms with E-state index in [0.29, 0.717) is 6.54 Å². The van der Waals surface area contributed by atoms with Gasteiger partial charge in [-0.05, 0) is 23.6 Å². The molecular weight excluding hydrogens is 244 g/mol. The highest BCUT2D eigenvalue weighted by atomic mass is 14.7. The molecule has 1 atom stereocenters. The van der Waals surface area contributed by atoms with Crippen molar-refractivity contribution in [3.63, 3.8) is 0 Å². The first-order valence-electron chi connectivity index (χ1n) is 7.14. The summed E-state index contributed by atoms with van der Waals surface area (Å²) in [5, 5.41) is 1.27. The molecule has 102 valence electrons. The molecule has 0 radical (unpaired) electrons. The number of hydrogen-bond donors (Lipinski definition) is 2. The smallest absolute Gasteiger partial charge is 0.0457 e. The van der Waals surface area contributed by atoms with Crippen LogP contribution in [0.5, 0.6) is 0 Å². The zero-order valence-electron chi connectivity index (χ0n) is 11.8. The lowest BCUT2D eigenvalue weighted by molar-refractivity contribution is 0.511. The molecule has 1 heterocycles. The third-order valence-electron chi connectivity index (χ3n) is 4.38. The van der Waals surface area contributed by atoms with Crippen LogP contribution in [0.1, 0.15) is 24.5 Å². The van der Waals surface area contributed by atoms with Crippen molar-refractivity contribution >= 4 is 10.9 Å². The molecule has 2 aromatic carbocycles. The molecule has 20 heavy (non-hydrogen) atoms. The van der Waals surface area contributed by atoms with Crippen molar-refractivity contribution in [1.29, 1.82) is 0 Å². The lowest BCUT2D eigenvalue weighted by Crippen LogP contribution is -2.35. The average Bonchev–Trinajstić information content (AvgIpc) is 2.95. The Morgan fingerprint density at radius 1 is 1.00 bits per heavy atom. The lowest BCUT2D eigenvalue weighted by Gasteiger charge is -2.32. The summed E-state index contributed by atoms with van der Waals surface area (Å²) in [6.07, 6.45) is 3.10. The largest absolute Gasteiger partial charge is 0.361 e. The van der Waals surface area contributed by atoms with Gasteiger partial charge in [0.25, 0.3) is 0 Å². The number of rotatable bonds is 4. The number of H-pyrrole nitrogens is 1. The van der Waals surface area contributed by atoms with Gasteiger partial charge in [-0.3, -0.25) is 0 Å². The van der Waals surface area contributed by atoms with E-state index in [-0.39, 0.29) is 5.41 Å². The summed E-state index contributed by atoms with van der Waals surface area (Å²) in [6, 6.07) is 19.0. The molecule has 3 rings (SSSR count). The molecule has 0 saturated heterocycles. The van der Waals surface area contributed by atoms with Gasteiger partial charge < -0.3 is 10.7 Å². The third kappa shape index (κ3) is 1.84. The Balaban J connectivity index is 2.26. The van der Waals surface area contributed by atoms with Crippen molar-refractivity contribution < 1.29 is 0 Å². The Hall–Kier alpha value is -2.06. The fourth-order valence-corrected chi connectivity index (χ4v) is 3.15. The van der Waals surface area contributed by atoms with Crippen LogP contribution in [0.4, 0.5) is 0 Å². The standard InChI is InChI=1S/C18H20N2/c1-2-18(13-19,14-8-4-3-5-9-14)16-12-20-17-11-7-6-10-15(16)17/h3-12,20H,2,13,19H2,1H3. The minimum absolute atomic E-state index is 0.124. The zero-order valence-corrected chi connectivity index (χ0v) is 11.8. The normalized spacial score (nSPS) is 14.3. The Kier molecular flexibility index (Phi) is 3.33. The molecule has 0 spiro atoms. The molecule has 0 bridgehead atoms. The molecule has 0 aliphatic rings. The van der Waals surface area contributed by atoms with Crippen molar-refractivity contribution in [2.45, 2.75) is 18.8 Å². The summed E-state index contributed by atoms with van der Waals surface area (Å²) in [6.45, 7) is 2.82. The molecule has 1 aromatic heterocycles. The van der Waals surface area contributed by atoms with Crippen LogP contribution >= 0.6 is 0 Å². The Morgan fingerprint density at radius 2 is 1.70 bits per heavy atom. The van der Waals surface area contributed by atoms with Gasteiger partial charge in [-0.1, -0.05) is 55.5 Å². The van der Waals surface area contributed by atoms with E-state index in [9.17, 15) is 0 Å². The Bertz CT molecular complexity index is 694. The number of para-hydroxylation sites is 1. The number of nitrogens with two attached hydrogens (primary N) is 1. The lowest BCUT2D eigenvalue weighted by atomic mass is 9.72. The van der Waals surface area contributed by atoms with E-state index in [1.807, 2.05) is 0 Å². The maximum atomic E-state index is 6.22. The van der Waals surface area contributed by atoms with Crippen LogP contribution in [-0.4, -0.2) is 11.5 Å². The van der Waals surface area contributed by atoms with Gasteiger partial charge in [0.1, 0.15) is 0 Å². The number of fused-ring (bicyclic) bond motifs is 1. The number of nitrogens with one attached hydrogen (secondary N) is 1. The first kappa shape index (κ1) is 12.9. The van der Waals surface area contributed by atoms with Crippen LogP contribution in [0.3, 0.4) is 0 Å². The van der Waals surface area contributed by atoms with Gasteiger partial charge in [0.15, 0.2) is 0 Å². The van der Waals surface area contributed by atoms with E-state index in [0.717, 1.165) is 6.42 Å². The minimum atomic E-state index is -0.124. The van der Waals surface area contributed by atoms with Gasteiger partial charge in [-0.15, -0.1) is 0 Å². The maximum Gasteiger partial charge on any atom is 0.0457 e. The number of aromatic amines is 1. The quantitative estimate of drug-likeness (QED) is 0.739. The SMILES string of the molecule is CCC(CN)(c1ccccc1)c1c[nH]c2ccccc12. The fraction of sp³-hybridized carbons (Fsp3) is 0.222. The third-order valence-corrected chi connectivity index (χ3v) is 4.38. The van der Waals surface area contributed by atoms with Gasteiger partial charge in [0, 0.05) is 29.1 Å². The summed E-state index contributed by atoms with van der Waals surface area (Å²) in [5.74, 6) is 0. The van der Waals surface area contributed by atoms with Crippen LogP contribution in [0.15, 0.2) is 60.8 Å². The molecule has 3 aromatic rings. The molecule has 0 fully saturated rings. The van der Waals surface area contributed by atoms with Crippen LogP contribution in [-0.2, 0) is 5.41 Å². The first-order valence-corrected chi connectivity index (χ1v) is 7.14. The molecule has 2 nitrogen and oxygen atoms in total. The van der Waals surface area contributed by atoms with Crippen LogP contribution < -0.4 is 5.73 Å². The van der Waals surface area contributed by atoms with Crippen LogP contribution in [0, 0.1) is 0 Å². The van der Waals surface area contributed by atoms with Gasteiger partial charge in [-0.25, -0.2) is 0 Å². The monoisotopic (exact) mass is 264 g/mol. The molecular formula is C18H20N2. The summed E-state index contributed by atoms with van der Waals surface area (Å²) in [7, 11) is 0. The fourth-order valence-electron chi connectivity index (χ4n) is 3.15. The van der Waals surface area contributed by atoms with Crippen molar-refractivity contribution in [2.24, 2.45) is 5.73 Å². The second kappa shape index (κ2) is 5.14. The van der Waals surface area contributed by atoms with E-state index in [1.165, 1.54) is 22.0 Å². The number of benzene rings is 2. The molecule has 0 saturated carbocycles. The van der Waals surface area contributed by atoms with E-state index in [1.54, 1.807) is 0 Å². The molecule has 2 heteroatoms. The Labute approximate surface area is 119 Å². The van der Waals surface area contributed by atoms with Crippen LogP contribution in [0.2, 0.25) is 0 Å². The van der Waals surface area contributed by atoms with Crippen molar-refractivity contribution in [2.75, 3.05) is 6.54 Å². The van der Waals surface area contributed by atoms with Gasteiger partial charge in [0.2, 0.25) is 0 Å². The first-order chi connectivity index (χ1) is 9.81. The number of aromatic nitrogens is 1. The average molecular weight is 264 g/mol. The van der Waals surface area contributed by atoms with Crippen molar-refractivity contribution in [3.05, 3.63) is 71.9 Å². The predicted molar refractivity (Wildman–Crippen MR) is 84.9 cm³/mol. The predicted octanol–water partition coefficient (Wildman–Crippen LogP) is 3.82. The maximum absolute atomic E-state index is 6.22. The van der Waals surface area contributed by atoms with Crippen molar-refractivity contribution in [1.82, 2.24) is 4.98 Å². The van der Waals surface area contributed by atoms with Gasteiger partial charge in [-0.2, -0.15) is 0 Å². The molecule has 0 aliphatic carbocycles. The van der Waals surface area contributed by atoms with Crippen LogP contribution in [0.25, 0.3) is 10.9 Å². The molecule has 0 aliphatic heterocycles. The van der Waals surface area contributed by atoms with E-state index in [4.69, 9.17) is 5.73 Å². The van der Waals surface area contributed by atoms with E-state index < -0.39 is 0 Å². The summed E-state index contributed by atoms with van der Waals surface area (Å²) < 4.78 is 0.